The van der Waals surface area contributed by atoms with Gasteiger partial charge in [0.2, 0.25) is 0 Å². The second-order valence-electron chi connectivity index (χ2n) is 3.34. The molecule has 1 rings (SSSR count). The number of nitrogens with one attached hydrogen (secondary N) is 1. The summed E-state index contributed by atoms with van der Waals surface area (Å²) in [6, 6.07) is 10.1. The second kappa shape index (κ2) is 4.97. The minimum atomic E-state index is 0.478. The third-order valence-corrected chi connectivity index (χ3v) is 2.50. The van der Waals surface area contributed by atoms with E-state index < -0.39 is 0 Å². The molecule has 2 heteroatoms. The number of hydrogen-bond acceptors (Lipinski definition) is 2. The highest BCUT2D eigenvalue weighted by atomic mass is 32.1. The Bertz CT molecular complexity index is 267. The Morgan fingerprint density at radius 2 is 1.92 bits per heavy atom. The van der Waals surface area contributed by atoms with Crippen molar-refractivity contribution in [2.24, 2.45) is 5.92 Å². The molecule has 1 aromatic carbocycles. The summed E-state index contributed by atoms with van der Waals surface area (Å²) in [5.74, 6) is 0.478. The highest BCUT2D eigenvalue weighted by Crippen LogP contribution is 2.05. The van der Waals surface area contributed by atoms with E-state index in [4.69, 9.17) is 12.2 Å². The van der Waals surface area contributed by atoms with Gasteiger partial charge in [0.15, 0.2) is 0 Å². The van der Waals surface area contributed by atoms with Gasteiger partial charge >= 0.3 is 0 Å². The molecule has 1 N–H and O–H groups in total. The normalized spacial score (nSPS) is 10.1. The van der Waals surface area contributed by atoms with Gasteiger partial charge in [-0.1, -0.05) is 44.3 Å². The maximum Gasteiger partial charge on any atom is 0.0466 e. The molecule has 0 amide bonds. The molecule has 0 spiro atoms. The summed E-state index contributed by atoms with van der Waals surface area (Å²) < 4.78 is 0. The third-order valence-electron chi connectivity index (χ3n) is 1.88. The first-order valence-electron chi connectivity index (χ1n) is 4.52. The van der Waals surface area contributed by atoms with Gasteiger partial charge < -0.3 is 5.32 Å². The maximum atomic E-state index is 5.21. The monoisotopic (exact) mass is 193 g/mol. The van der Waals surface area contributed by atoms with E-state index in [0.717, 1.165) is 17.1 Å². The van der Waals surface area contributed by atoms with Crippen molar-refractivity contribution in [1.82, 2.24) is 0 Å². The Morgan fingerprint density at radius 1 is 1.31 bits per heavy atom. The van der Waals surface area contributed by atoms with Gasteiger partial charge in [-0.15, -0.1) is 0 Å². The van der Waals surface area contributed by atoms with E-state index in [9.17, 15) is 0 Å². The van der Waals surface area contributed by atoms with Crippen LogP contribution in [0.1, 0.15) is 13.8 Å². The molecule has 0 atom stereocenters. The number of benzene rings is 1. The van der Waals surface area contributed by atoms with Crippen molar-refractivity contribution in [3.8, 4) is 0 Å². The van der Waals surface area contributed by atoms with Gasteiger partial charge in [-0.3, -0.25) is 0 Å². The van der Waals surface area contributed by atoms with E-state index in [2.05, 4.69) is 19.2 Å². The predicted octanol–water partition coefficient (Wildman–Crippen LogP) is 3.12. The zero-order valence-corrected chi connectivity index (χ0v) is 8.90. The largest absolute Gasteiger partial charge is 0.380 e. The maximum absolute atomic E-state index is 5.21. The zero-order chi connectivity index (χ0) is 9.68. The Kier molecular flexibility index (Phi) is 3.90. The molecule has 1 aromatic rings. The highest BCUT2D eigenvalue weighted by Gasteiger charge is 2.01. The van der Waals surface area contributed by atoms with Crippen molar-refractivity contribution in [2.45, 2.75) is 13.8 Å². The van der Waals surface area contributed by atoms with Gasteiger partial charge in [-0.05, 0) is 18.1 Å². The number of anilines is 1. The predicted molar refractivity (Wildman–Crippen MR) is 62.4 cm³/mol. The first-order valence-corrected chi connectivity index (χ1v) is 4.92. The van der Waals surface area contributed by atoms with Crippen LogP contribution in [0.25, 0.3) is 0 Å². The minimum absolute atomic E-state index is 0.478. The molecule has 0 heterocycles. The van der Waals surface area contributed by atoms with Crippen LogP contribution in [0.3, 0.4) is 0 Å². The second-order valence-corrected chi connectivity index (χ2v) is 3.86. The minimum Gasteiger partial charge on any atom is -0.380 e. The average Bonchev–Trinajstić information content (AvgIpc) is 2.15. The van der Waals surface area contributed by atoms with Crippen molar-refractivity contribution in [3.63, 3.8) is 0 Å². The molecular weight excluding hydrogens is 178 g/mol. The van der Waals surface area contributed by atoms with Crippen molar-refractivity contribution in [3.05, 3.63) is 30.3 Å². The average molecular weight is 193 g/mol. The van der Waals surface area contributed by atoms with E-state index in [-0.39, 0.29) is 0 Å². The fourth-order valence-electron chi connectivity index (χ4n) is 0.949. The molecule has 0 unspecified atom stereocenters. The highest BCUT2D eigenvalue weighted by molar-refractivity contribution is 7.80. The topological polar surface area (TPSA) is 12.0 Å². The van der Waals surface area contributed by atoms with E-state index in [1.54, 1.807) is 0 Å². The molecule has 0 radical (unpaired) electrons. The summed E-state index contributed by atoms with van der Waals surface area (Å²) in [6.45, 7) is 5.03. The van der Waals surface area contributed by atoms with Crippen LogP contribution in [-0.2, 0) is 0 Å². The van der Waals surface area contributed by atoms with E-state index in [1.165, 1.54) is 0 Å². The zero-order valence-electron chi connectivity index (χ0n) is 8.08. The van der Waals surface area contributed by atoms with Crippen LogP contribution in [0.5, 0.6) is 0 Å². The molecule has 0 aliphatic carbocycles. The Labute approximate surface area is 85.2 Å². The summed E-state index contributed by atoms with van der Waals surface area (Å²) in [7, 11) is 0. The lowest BCUT2D eigenvalue weighted by Crippen LogP contribution is -2.16. The first kappa shape index (κ1) is 10.2. The standard InChI is InChI=1S/C11H15NS/c1-9(2)11(13)8-12-10-6-4-3-5-7-10/h3-7,9,12H,8H2,1-2H3. The smallest absolute Gasteiger partial charge is 0.0466 e. The van der Waals surface area contributed by atoms with E-state index >= 15 is 0 Å². The van der Waals surface area contributed by atoms with Crippen LogP contribution < -0.4 is 5.32 Å². The lowest BCUT2D eigenvalue weighted by Gasteiger charge is -2.09. The third kappa shape index (κ3) is 3.55. The molecule has 0 aliphatic rings. The van der Waals surface area contributed by atoms with Crippen LogP contribution in [0.15, 0.2) is 30.3 Å². The summed E-state index contributed by atoms with van der Waals surface area (Å²) in [5, 5.41) is 3.28. The van der Waals surface area contributed by atoms with Crippen LogP contribution in [0, 0.1) is 5.92 Å². The Hall–Kier alpha value is -0.890. The van der Waals surface area contributed by atoms with Gasteiger partial charge in [-0.2, -0.15) is 0 Å². The number of thiocarbonyl (C=S) groups is 1. The fourth-order valence-corrected chi connectivity index (χ4v) is 1.02. The quantitative estimate of drug-likeness (QED) is 0.737. The Balaban J connectivity index is 2.40. The summed E-state index contributed by atoms with van der Waals surface area (Å²) >= 11 is 5.21. The van der Waals surface area contributed by atoms with Gasteiger partial charge in [0.25, 0.3) is 0 Å². The number of rotatable bonds is 4. The summed E-state index contributed by atoms with van der Waals surface area (Å²) in [5.41, 5.74) is 1.13. The number of hydrogen-bond donors (Lipinski definition) is 1. The fraction of sp³-hybridized carbons (Fsp3) is 0.364. The Morgan fingerprint density at radius 3 is 2.46 bits per heavy atom. The van der Waals surface area contributed by atoms with Gasteiger partial charge in [0, 0.05) is 17.1 Å². The van der Waals surface area contributed by atoms with Crippen molar-refractivity contribution >= 4 is 22.8 Å². The molecule has 0 fully saturated rings. The van der Waals surface area contributed by atoms with Crippen molar-refractivity contribution in [2.75, 3.05) is 11.9 Å². The lowest BCUT2D eigenvalue weighted by atomic mass is 10.1. The van der Waals surface area contributed by atoms with Crippen LogP contribution >= 0.6 is 12.2 Å². The number of para-hydroxylation sites is 1. The van der Waals surface area contributed by atoms with Gasteiger partial charge in [0.1, 0.15) is 0 Å². The van der Waals surface area contributed by atoms with Gasteiger partial charge in [0.05, 0.1) is 0 Å². The van der Waals surface area contributed by atoms with Crippen molar-refractivity contribution in [1.29, 1.82) is 0 Å². The van der Waals surface area contributed by atoms with Crippen LogP contribution in [-0.4, -0.2) is 11.4 Å². The first-order chi connectivity index (χ1) is 6.20. The molecule has 70 valence electrons. The molecule has 0 aromatic heterocycles. The molecule has 0 aliphatic heterocycles. The van der Waals surface area contributed by atoms with Crippen molar-refractivity contribution < 1.29 is 0 Å². The molecule has 1 nitrogen and oxygen atoms in total. The van der Waals surface area contributed by atoms with E-state index in [0.29, 0.717) is 5.92 Å². The molecular formula is C11H15NS. The van der Waals surface area contributed by atoms with Crippen LogP contribution in [0.2, 0.25) is 0 Å². The SMILES string of the molecule is CC(C)C(=S)CNc1ccccc1. The van der Waals surface area contributed by atoms with Crippen LogP contribution in [0.4, 0.5) is 5.69 Å². The molecule has 13 heavy (non-hydrogen) atoms. The summed E-state index contributed by atoms with van der Waals surface area (Å²) in [6.07, 6.45) is 0. The molecule has 0 saturated heterocycles. The lowest BCUT2D eigenvalue weighted by molar-refractivity contribution is 0.889. The van der Waals surface area contributed by atoms with E-state index in [1.807, 2.05) is 30.3 Å². The molecule has 0 bridgehead atoms. The summed E-state index contributed by atoms with van der Waals surface area (Å²) in [4.78, 5) is 1.07. The molecule has 0 saturated carbocycles. The van der Waals surface area contributed by atoms with Gasteiger partial charge in [-0.25, -0.2) is 0 Å².